The van der Waals surface area contributed by atoms with E-state index in [1.165, 1.54) is 4.31 Å². The summed E-state index contributed by atoms with van der Waals surface area (Å²) in [6.45, 7) is 1.17. The number of hydrogen-bond acceptors (Lipinski definition) is 3. The van der Waals surface area contributed by atoms with Crippen molar-refractivity contribution in [1.82, 2.24) is 4.31 Å². The van der Waals surface area contributed by atoms with Crippen molar-refractivity contribution in [3.05, 3.63) is 63.6 Å². The lowest BCUT2D eigenvalue weighted by atomic mass is 10.1. The van der Waals surface area contributed by atoms with Crippen LogP contribution in [0.15, 0.2) is 42.5 Å². The molecule has 2 aromatic rings. The van der Waals surface area contributed by atoms with Crippen molar-refractivity contribution >= 4 is 44.8 Å². The van der Waals surface area contributed by atoms with Gasteiger partial charge in [-0.05, 0) is 42.7 Å². The van der Waals surface area contributed by atoms with Gasteiger partial charge in [0, 0.05) is 18.7 Å². The number of anilines is 1. The molecule has 0 aliphatic carbocycles. The van der Waals surface area contributed by atoms with Crippen LogP contribution < -0.4 is 5.32 Å². The van der Waals surface area contributed by atoms with Crippen LogP contribution in [0.3, 0.4) is 0 Å². The quantitative estimate of drug-likeness (QED) is 0.800. The van der Waals surface area contributed by atoms with E-state index in [0.717, 1.165) is 12.8 Å². The minimum absolute atomic E-state index is 0.0642. The van der Waals surface area contributed by atoms with Gasteiger partial charge in [-0.15, -0.1) is 0 Å². The average Bonchev–Trinajstić information content (AvgIpc) is 3.14. The van der Waals surface area contributed by atoms with E-state index in [4.69, 9.17) is 23.2 Å². The van der Waals surface area contributed by atoms with Gasteiger partial charge < -0.3 is 5.32 Å². The van der Waals surface area contributed by atoms with E-state index in [1.807, 2.05) is 0 Å². The summed E-state index contributed by atoms with van der Waals surface area (Å²) in [5.41, 5.74) is 1.38. The minimum Gasteiger partial charge on any atom is -0.319 e. The summed E-state index contributed by atoms with van der Waals surface area (Å²) in [6, 6.07) is 11.4. The third-order valence-electron chi connectivity index (χ3n) is 4.22. The normalized spacial score (nSPS) is 15.2. The lowest BCUT2D eigenvalue weighted by Gasteiger charge is -2.15. The molecule has 0 unspecified atom stereocenters. The highest BCUT2D eigenvalue weighted by molar-refractivity contribution is 7.88. The van der Waals surface area contributed by atoms with E-state index in [2.05, 4.69) is 5.32 Å². The van der Waals surface area contributed by atoms with Crippen molar-refractivity contribution in [2.45, 2.75) is 18.6 Å². The Morgan fingerprint density at radius 2 is 1.58 bits per heavy atom. The summed E-state index contributed by atoms with van der Waals surface area (Å²) in [6.07, 6.45) is 1.81. The number of carbonyl (C=O) groups excluding carboxylic acids is 1. The predicted octanol–water partition coefficient (Wildman–Crippen LogP) is 4.17. The van der Waals surface area contributed by atoms with Crippen molar-refractivity contribution < 1.29 is 13.2 Å². The van der Waals surface area contributed by atoms with Crippen molar-refractivity contribution in [2.75, 3.05) is 18.4 Å². The van der Waals surface area contributed by atoms with Gasteiger partial charge in [0.2, 0.25) is 10.0 Å². The fourth-order valence-corrected chi connectivity index (χ4v) is 4.93. The Balaban J connectivity index is 1.70. The molecule has 1 aliphatic rings. The first-order valence-electron chi connectivity index (χ1n) is 8.19. The van der Waals surface area contributed by atoms with E-state index in [9.17, 15) is 13.2 Å². The van der Waals surface area contributed by atoms with Gasteiger partial charge in [0.05, 0.1) is 21.5 Å². The van der Waals surface area contributed by atoms with Crippen LogP contribution >= 0.6 is 23.2 Å². The fraction of sp³-hybridized carbons (Fsp3) is 0.278. The molecule has 0 radical (unpaired) electrons. The molecule has 5 nitrogen and oxygen atoms in total. The Bertz CT molecular complexity index is 888. The number of hydrogen-bond donors (Lipinski definition) is 1. The molecular formula is C18H18Cl2N2O3S. The van der Waals surface area contributed by atoms with Gasteiger partial charge in [-0.1, -0.05) is 41.4 Å². The Kier molecular flexibility index (Phi) is 5.87. The standard InChI is InChI=1S/C18H18Cl2N2O3S/c19-15-4-3-5-16(20)17(15)21-18(23)14-8-6-13(7-9-14)12-26(24,25)22-10-1-2-11-22/h3-9H,1-2,10-12H2,(H,21,23). The summed E-state index contributed by atoms with van der Waals surface area (Å²) in [7, 11) is -3.31. The Morgan fingerprint density at radius 1 is 1.00 bits per heavy atom. The number of nitrogens with one attached hydrogen (secondary N) is 1. The van der Waals surface area contributed by atoms with E-state index in [0.29, 0.717) is 39.9 Å². The Morgan fingerprint density at radius 3 is 2.15 bits per heavy atom. The number of rotatable bonds is 5. The van der Waals surface area contributed by atoms with Crippen molar-refractivity contribution in [2.24, 2.45) is 0 Å². The highest BCUT2D eigenvalue weighted by atomic mass is 35.5. The SMILES string of the molecule is O=C(Nc1c(Cl)cccc1Cl)c1ccc(CS(=O)(=O)N2CCCC2)cc1. The molecule has 1 saturated heterocycles. The van der Waals surface area contributed by atoms with Gasteiger partial charge in [-0.25, -0.2) is 12.7 Å². The van der Waals surface area contributed by atoms with Crippen LogP contribution in [-0.4, -0.2) is 31.7 Å². The smallest absolute Gasteiger partial charge is 0.255 e. The molecular weight excluding hydrogens is 395 g/mol. The highest BCUT2D eigenvalue weighted by Gasteiger charge is 2.25. The van der Waals surface area contributed by atoms with Crippen molar-refractivity contribution in [3.63, 3.8) is 0 Å². The van der Waals surface area contributed by atoms with Gasteiger partial charge in [-0.2, -0.15) is 0 Å². The second-order valence-corrected chi connectivity index (χ2v) is 8.89. The van der Waals surface area contributed by atoms with Crippen LogP contribution in [0.5, 0.6) is 0 Å². The zero-order valence-electron chi connectivity index (χ0n) is 13.9. The van der Waals surface area contributed by atoms with Crippen LogP contribution in [0.25, 0.3) is 0 Å². The average molecular weight is 413 g/mol. The van der Waals surface area contributed by atoms with Crippen LogP contribution in [-0.2, 0) is 15.8 Å². The van der Waals surface area contributed by atoms with E-state index < -0.39 is 10.0 Å². The number of halogens is 2. The molecule has 1 fully saturated rings. The summed E-state index contributed by atoms with van der Waals surface area (Å²) < 4.78 is 26.2. The van der Waals surface area contributed by atoms with Gasteiger partial charge in [-0.3, -0.25) is 4.79 Å². The molecule has 0 bridgehead atoms. The number of benzene rings is 2. The number of sulfonamides is 1. The molecule has 1 N–H and O–H groups in total. The second kappa shape index (κ2) is 7.96. The second-order valence-electron chi connectivity index (χ2n) is 6.11. The largest absolute Gasteiger partial charge is 0.319 e. The third-order valence-corrected chi connectivity index (χ3v) is 6.70. The molecule has 0 atom stereocenters. The summed E-state index contributed by atoms with van der Waals surface area (Å²) in [5.74, 6) is -0.431. The van der Waals surface area contributed by atoms with Gasteiger partial charge >= 0.3 is 0 Å². The molecule has 8 heteroatoms. The molecule has 0 spiro atoms. The zero-order valence-corrected chi connectivity index (χ0v) is 16.2. The lowest BCUT2D eigenvalue weighted by Crippen LogP contribution is -2.29. The van der Waals surface area contributed by atoms with Crippen molar-refractivity contribution in [1.29, 1.82) is 0 Å². The number of para-hydroxylation sites is 1. The maximum atomic E-state index is 12.4. The van der Waals surface area contributed by atoms with Gasteiger partial charge in [0.15, 0.2) is 0 Å². The summed E-state index contributed by atoms with van der Waals surface area (Å²) >= 11 is 12.1. The summed E-state index contributed by atoms with van der Waals surface area (Å²) in [4.78, 5) is 12.4. The lowest BCUT2D eigenvalue weighted by molar-refractivity contribution is 0.102. The number of carbonyl (C=O) groups is 1. The van der Waals surface area contributed by atoms with Crippen LogP contribution in [0.2, 0.25) is 10.0 Å². The van der Waals surface area contributed by atoms with E-state index in [1.54, 1.807) is 42.5 Å². The Hall–Kier alpha value is -1.60. The van der Waals surface area contributed by atoms with Gasteiger partial charge in [0.1, 0.15) is 0 Å². The molecule has 3 rings (SSSR count). The fourth-order valence-electron chi connectivity index (χ4n) is 2.82. The molecule has 26 heavy (non-hydrogen) atoms. The van der Waals surface area contributed by atoms with Crippen LogP contribution in [0, 0.1) is 0 Å². The number of amides is 1. The molecule has 1 heterocycles. The third kappa shape index (κ3) is 4.38. The molecule has 1 amide bonds. The van der Waals surface area contributed by atoms with Crippen molar-refractivity contribution in [3.8, 4) is 0 Å². The first-order valence-corrected chi connectivity index (χ1v) is 10.6. The summed E-state index contributed by atoms with van der Waals surface area (Å²) in [5, 5.41) is 3.37. The van der Waals surface area contributed by atoms with Crippen LogP contribution in [0.1, 0.15) is 28.8 Å². The molecule has 2 aromatic carbocycles. The first kappa shape index (κ1) is 19.2. The first-order chi connectivity index (χ1) is 12.4. The van der Waals surface area contributed by atoms with E-state index >= 15 is 0 Å². The maximum Gasteiger partial charge on any atom is 0.255 e. The topological polar surface area (TPSA) is 66.5 Å². The monoisotopic (exact) mass is 412 g/mol. The maximum absolute atomic E-state index is 12.4. The number of nitrogens with zero attached hydrogens (tertiary/aromatic N) is 1. The molecule has 0 aromatic heterocycles. The van der Waals surface area contributed by atoms with Crippen LogP contribution in [0.4, 0.5) is 5.69 Å². The molecule has 138 valence electrons. The minimum atomic E-state index is -3.31. The molecule has 1 aliphatic heterocycles. The van der Waals surface area contributed by atoms with Gasteiger partial charge in [0.25, 0.3) is 5.91 Å². The zero-order chi connectivity index (χ0) is 18.7. The Labute approximate surface area is 163 Å². The predicted molar refractivity (Wildman–Crippen MR) is 104 cm³/mol. The highest BCUT2D eigenvalue weighted by Crippen LogP contribution is 2.30. The van der Waals surface area contributed by atoms with E-state index in [-0.39, 0.29) is 11.7 Å². The molecule has 0 saturated carbocycles.